The average Bonchev–Trinajstić information content (AvgIpc) is 2.56. The van der Waals surface area contributed by atoms with Gasteiger partial charge in [0.05, 0.1) is 7.11 Å². The Hall–Kier alpha value is -1.83. The van der Waals surface area contributed by atoms with Crippen molar-refractivity contribution >= 4 is 18.0 Å². The van der Waals surface area contributed by atoms with E-state index in [1.807, 2.05) is 27.7 Å². The number of hydrogen-bond acceptors (Lipinski definition) is 5. The van der Waals surface area contributed by atoms with Crippen molar-refractivity contribution in [1.82, 2.24) is 5.32 Å². The fraction of sp³-hybridized carbons (Fsp3) is 0.824. The van der Waals surface area contributed by atoms with Gasteiger partial charge in [0.15, 0.2) is 0 Å². The van der Waals surface area contributed by atoms with Crippen molar-refractivity contribution in [3.05, 3.63) is 0 Å². The van der Waals surface area contributed by atoms with Crippen LogP contribution in [0.3, 0.4) is 0 Å². The minimum atomic E-state index is -1.02. The molecule has 0 fully saturated rings. The van der Waals surface area contributed by atoms with E-state index in [4.69, 9.17) is 15.9 Å². The molecule has 0 saturated heterocycles. The Bertz CT molecular complexity index is 381. The molecule has 0 aromatic rings. The second-order valence-corrected chi connectivity index (χ2v) is 5.47. The number of carbonyl (C=O) groups excluding carboxylic acids is 1. The Morgan fingerprint density at radius 1 is 0.920 bits per heavy atom. The van der Waals surface area contributed by atoms with Crippen LogP contribution in [-0.2, 0) is 14.3 Å². The summed E-state index contributed by atoms with van der Waals surface area (Å²) in [5, 5.41) is 19.7. The van der Waals surface area contributed by atoms with Crippen LogP contribution in [0, 0.1) is 11.8 Å². The first-order valence-corrected chi connectivity index (χ1v) is 8.25. The Morgan fingerprint density at radius 2 is 1.32 bits per heavy atom. The van der Waals surface area contributed by atoms with E-state index in [0.717, 1.165) is 12.8 Å². The van der Waals surface area contributed by atoms with Crippen LogP contribution in [-0.4, -0.2) is 47.4 Å². The number of nitrogens with one attached hydrogen (secondary N) is 1. The number of aliphatic carboxylic acids is 2. The predicted molar refractivity (Wildman–Crippen MR) is 97.5 cm³/mol. The van der Waals surface area contributed by atoms with Crippen LogP contribution in [0.25, 0.3) is 0 Å². The summed E-state index contributed by atoms with van der Waals surface area (Å²) in [6.07, 6.45) is 2.38. The highest BCUT2D eigenvalue weighted by atomic mass is 16.5. The fourth-order valence-electron chi connectivity index (χ4n) is 2.33. The van der Waals surface area contributed by atoms with Crippen molar-refractivity contribution in [2.45, 2.75) is 72.9 Å². The number of carboxylic acids is 2. The fourth-order valence-corrected chi connectivity index (χ4v) is 2.33. The first-order valence-electron chi connectivity index (χ1n) is 8.25. The van der Waals surface area contributed by atoms with Gasteiger partial charge in [-0.05, 0) is 11.8 Å². The zero-order valence-electron chi connectivity index (χ0n) is 15.2. The molecule has 0 bridgehead atoms. The summed E-state index contributed by atoms with van der Waals surface area (Å²) in [6.45, 7) is 7.69. The zero-order chi connectivity index (χ0) is 19.3. The summed E-state index contributed by atoms with van der Waals surface area (Å²) < 4.78 is 4.36. The third-order valence-corrected chi connectivity index (χ3v) is 4.09. The van der Waals surface area contributed by atoms with Crippen LogP contribution in [0.5, 0.6) is 0 Å². The molecule has 0 aliphatic carbocycles. The van der Waals surface area contributed by atoms with E-state index in [1.165, 1.54) is 7.11 Å². The molecule has 8 nitrogen and oxygen atoms in total. The number of alkyl carbamates (subject to hydrolysis) is 1. The summed E-state index contributed by atoms with van der Waals surface area (Å²) in [5.74, 6) is -1.86. The van der Waals surface area contributed by atoms with E-state index in [1.54, 1.807) is 0 Å². The predicted octanol–water partition coefficient (Wildman–Crippen LogP) is 2.70. The highest BCUT2D eigenvalue weighted by Crippen LogP contribution is 2.13. The van der Waals surface area contributed by atoms with Crippen LogP contribution < -0.4 is 11.1 Å². The van der Waals surface area contributed by atoms with Gasteiger partial charge in [-0.2, -0.15) is 0 Å². The lowest BCUT2D eigenvalue weighted by atomic mass is 9.94. The molecule has 0 spiro atoms. The summed E-state index contributed by atoms with van der Waals surface area (Å²) in [5.41, 5.74) is 5.38. The second kappa shape index (κ2) is 15.7. The largest absolute Gasteiger partial charge is 0.480 e. The molecule has 1 amide bonds. The van der Waals surface area contributed by atoms with E-state index in [2.05, 4.69) is 10.1 Å². The summed E-state index contributed by atoms with van der Waals surface area (Å²) >= 11 is 0. The second-order valence-electron chi connectivity index (χ2n) is 5.47. The molecule has 8 heteroatoms. The van der Waals surface area contributed by atoms with Crippen LogP contribution in [0.4, 0.5) is 4.79 Å². The van der Waals surface area contributed by atoms with Crippen LogP contribution in [0.2, 0.25) is 0 Å². The van der Waals surface area contributed by atoms with E-state index >= 15 is 0 Å². The zero-order valence-corrected chi connectivity index (χ0v) is 15.2. The van der Waals surface area contributed by atoms with Crippen molar-refractivity contribution in [2.75, 3.05) is 7.11 Å². The molecular formula is C17H36N2O6. The van der Waals surface area contributed by atoms with Gasteiger partial charge in [-0.3, -0.25) is 4.79 Å². The molecule has 25 heavy (non-hydrogen) atoms. The molecule has 0 saturated carbocycles. The lowest BCUT2D eigenvalue weighted by Crippen LogP contribution is -2.45. The average molecular weight is 364 g/mol. The molecule has 0 radical (unpaired) electrons. The van der Waals surface area contributed by atoms with Crippen molar-refractivity contribution in [2.24, 2.45) is 17.6 Å². The first kappa shape index (κ1) is 28.0. The van der Waals surface area contributed by atoms with E-state index < -0.39 is 30.1 Å². The van der Waals surface area contributed by atoms with Crippen molar-refractivity contribution in [3.63, 3.8) is 0 Å². The summed E-state index contributed by atoms with van der Waals surface area (Å²) in [7, 11) is 1.21. The van der Waals surface area contributed by atoms with Gasteiger partial charge in [-0.25, -0.2) is 9.59 Å². The molecule has 0 rings (SSSR count). The summed E-state index contributed by atoms with van der Waals surface area (Å²) in [4.78, 5) is 32.0. The third-order valence-electron chi connectivity index (χ3n) is 4.09. The van der Waals surface area contributed by atoms with Crippen LogP contribution >= 0.6 is 0 Å². The SMILES string of the molecule is C.CCC(CC)[C@H](N)C(=O)O.CCC(CC)[C@H](NC(=O)OC)C(=O)O. The van der Waals surface area contributed by atoms with Gasteiger partial charge in [-0.15, -0.1) is 0 Å². The van der Waals surface area contributed by atoms with E-state index in [0.29, 0.717) is 12.8 Å². The maximum atomic E-state index is 10.9. The quantitative estimate of drug-likeness (QED) is 0.493. The number of hydrogen-bond donors (Lipinski definition) is 4. The molecule has 0 aliphatic heterocycles. The van der Waals surface area contributed by atoms with Crippen molar-refractivity contribution in [3.8, 4) is 0 Å². The Morgan fingerprint density at radius 3 is 1.52 bits per heavy atom. The van der Waals surface area contributed by atoms with Gasteiger partial charge in [0.2, 0.25) is 0 Å². The maximum Gasteiger partial charge on any atom is 0.407 e. The van der Waals surface area contributed by atoms with Gasteiger partial charge in [0.1, 0.15) is 12.1 Å². The van der Waals surface area contributed by atoms with Gasteiger partial charge in [0.25, 0.3) is 0 Å². The highest BCUT2D eigenvalue weighted by Gasteiger charge is 2.27. The van der Waals surface area contributed by atoms with Crippen LogP contribution in [0.1, 0.15) is 60.8 Å². The molecule has 0 unspecified atom stereocenters. The minimum absolute atomic E-state index is 0. The normalized spacial score (nSPS) is 12.3. The topological polar surface area (TPSA) is 139 Å². The number of carbonyl (C=O) groups is 3. The molecule has 0 aliphatic rings. The number of rotatable bonds is 9. The monoisotopic (exact) mass is 364 g/mol. The maximum absolute atomic E-state index is 10.9. The van der Waals surface area contributed by atoms with E-state index in [-0.39, 0.29) is 19.3 Å². The Kier molecular flexibility index (Phi) is 17.6. The number of methoxy groups -OCH3 is 1. The molecular weight excluding hydrogens is 328 g/mol. The lowest BCUT2D eigenvalue weighted by molar-refractivity contribution is -0.141. The lowest BCUT2D eigenvalue weighted by Gasteiger charge is -2.21. The first-order chi connectivity index (χ1) is 11.2. The Labute approximate surface area is 151 Å². The highest BCUT2D eigenvalue weighted by molar-refractivity contribution is 5.80. The van der Waals surface area contributed by atoms with Gasteiger partial charge in [-0.1, -0.05) is 60.8 Å². The van der Waals surface area contributed by atoms with E-state index in [9.17, 15) is 14.4 Å². The molecule has 0 aromatic heterocycles. The molecule has 0 aromatic carbocycles. The minimum Gasteiger partial charge on any atom is -0.480 e. The van der Waals surface area contributed by atoms with Crippen LogP contribution in [0.15, 0.2) is 0 Å². The van der Waals surface area contributed by atoms with Gasteiger partial charge in [0, 0.05) is 0 Å². The summed E-state index contributed by atoms with van der Waals surface area (Å²) in [6, 6.07) is -1.55. The van der Waals surface area contributed by atoms with Gasteiger partial charge >= 0.3 is 18.0 Å². The Balaban J connectivity index is -0.000000392. The number of ether oxygens (including phenoxy) is 1. The third kappa shape index (κ3) is 11.4. The number of nitrogens with two attached hydrogens (primary N) is 1. The molecule has 150 valence electrons. The molecule has 5 N–H and O–H groups in total. The van der Waals surface area contributed by atoms with Crippen molar-refractivity contribution in [1.29, 1.82) is 0 Å². The molecule has 0 heterocycles. The standard InChI is InChI=1S/C9H17NO4.C7H15NO2.CH4/c1-4-6(5-2)7(8(11)12)10-9(13)14-3;1-3-5(4-2)6(8)7(9)10;/h6-7H,4-5H2,1-3H3,(H,10,13)(H,11,12);5-6H,3-4,8H2,1-2H3,(H,9,10);1H4/t7-;6-;/m00./s1. The van der Waals surface area contributed by atoms with Crippen molar-refractivity contribution < 1.29 is 29.3 Å². The number of amides is 1. The smallest absolute Gasteiger partial charge is 0.407 e. The number of carboxylic acid groups (broad SMARTS) is 2. The molecule has 2 atom stereocenters. The van der Waals surface area contributed by atoms with Gasteiger partial charge < -0.3 is 26.0 Å².